The van der Waals surface area contributed by atoms with Gasteiger partial charge >= 0.3 is 5.97 Å². The number of nitrogens with zero attached hydrogens (tertiary/aromatic N) is 2. The molecular weight excluding hydrogens is 366 g/mol. The summed E-state index contributed by atoms with van der Waals surface area (Å²) in [5.41, 5.74) is -0.893. The summed E-state index contributed by atoms with van der Waals surface area (Å²) in [5, 5.41) is 14.7. The van der Waals surface area contributed by atoms with Crippen LogP contribution in [0.25, 0.3) is 10.2 Å². The molecule has 0 aliphatic carbocycles. The number of carboxylic acid groups (broad SMARTS) is 1. The van der Waals surface area contributed by atoms with Crippen LogP contribution in [0, 0.1) is 0 Å². The molecule has 0 saturated carbocycles. The predicted octanol–water partition coefficient (Wildman–Crippen LogP) is 2.01. The molecule has 1 aromatic carbocycles. The monoisotopic (exact) mass is 385 g/mol. The first-order chi connectivity index (χ1) is 13.0. The number of carbonyl (C=O) groups excluding carboxylic acids is 1. The van der Waals surface area contributed by atoms with Crippen LogP contribution in [0.1, 0.15) is 18.9 Å². The van der Waals surface area contributed by atoms with Crippen molar-refractivity contribution >= 4 is 33.4 Å². The molecule has 27 heavy (non-hydrogen) atoms. The van der Waals surface area contributed by atoms with Crippen molar-refractivity contribution in [2.24, 2.45) is 0 Å². The quantitative estimate of drug-likeness (QED) is 0.648. The number of hydrogen-bond donors (Lipinski definition) is 2. The lowest BCUT2D eigenvalue weighted by Crippen LogP contribution is -2.47. The molecule has 2 heterocycles. The van der Waals surface area contributed by atoms with E-state index in [2.05, 4.69) is 10.3 Å². The molecule has 2 aromatic heterocycles. The highest BCUT2D eigenvalue weighted by molar-refractivity contribution is 7.16. The van der Waals surface area contributed by atoms with E-state index in [0.717, 1.165) is 0 Å². The summed E-state index contributed by atoms with van der Waals surface area (Å²) < 4.78 is 1.22. The van der Waals surface area contributed by atoms with Gasteiger partial charge in [0, 0.05) is 6.54 Å². The second kappa shape index (κ2) is 7.71. The summed E-state index contributed by atoms with van der Waals surface area (Å²) in [6.07, 6.45) is 1.65. The Hall–Kier alpha value is -3.00. The molecule has 0 aliphatic heterocycles. The van der Waals surface area contributed by atoms with Crippen LogP contribution in [0.4, 0.5) is 0 Å². The molecule has 0 aliphatic rings. The first-order valence-electron chi connectivity index (χ1n) is 8.46. The summed E-state index contributed by atoms with van der Waals surface area (Å²) in [7, 11) is 0. The normalized spacial score (nSPS) is 13.2. The van der Waals surface area contributed by atoms with E-state index >= 15 is 0 Å². The van der Waals surface area contributed by atoms with E-state index in [-0.39, 0.29) is 18.6 Å². The lowest BCUT2D eigenvalue weighted by molar-refractivity contribution is -0.144. The van der Waals surface area contributed by atoms with Crippen LogP contribution >= 0.6 is 11.3 Å². The van der Waals surface area contributed by atoms with E-state index in [0.29, 0.717) is 22.2 Å². The fourth-order valence-corrected chi connectivity index (χ4v) is 3.73. The van der Waals surface area contributed by atoms with E-state index in [1.165, 1.54) is 22.2 Å². The highest BCUT2D eigenvalue weighted by Crippen LogP contribution is 2.27. The van der Waals surface area contributed by atoms with Crippen molar-refractivity contribution in [1.82, 2.24) is 14.9 Å². The van der Waals surface area contributed by atoms with E-state index < -0.39 is 17.3 Å². The number of aliphatic carboxylic acids is 1. The van der Waals surface area contributed by atoms with Gasteiger partial charge in [0.05, 0.1) is 11.7 Å². The van der Waals surface area contributed by atoms with Crippen LogP contribution in [0.3, 0.4) is 0 Å². The van der Waals surface area contributed by atoms with Crippen LogP contribution in [0.5, 0.6) is 0 Å². The molecule has 1 amide bonds. The van der Waals surface area contributed by atoms with Crippen molar-refractivity contribution in [1.29, 1.82) is 0 Å². The highest BCUT2D eigenvalue weighted by Gasteiger charge is 2.38. The van der Waals surface area contributed by atoms with Gasteiger partial charge in [-0.2, -0.15) is 0 Å². The second-order valence-corrected chi connectivity index (χ2v) is 7.10. The van der Waals surface area contributed by atoms with Crippen LogP contribution in [-0.4, -0.2) is 33.1 Å². The minimum absolute atomic E-state index is 0.0649. The molecule has 1 unspecified atom stereocenters. The smallest absolute Gasteiger partial charge is 0.315 e. The number of rotatable bonds is 7. The number of amides is 1. The number of benzene rings is 1. The molecule has 0 saturated heterocycles. The first kappa shape index (κ1) is 18.8. The van der Waals surface area contributed by atoms with Gasteiger partial charge in [-0.3, -0.25) is 19.0 Å². The average molecular weight is 385 g/mol. The van der Waals surface area contributed by atoms with E-state index in [1.54, 1.807) is 42.6 Å². The van der Waals surface area contributed by atoms with Gasteiger partial charge in [-0.1, -0.05) is 37.3 Å². The lowest BCUT2D eigenvalue weighted by atomic mass is 9.78. The maximum Gasteiger partial charge on any atom is 0.315 e. The fourth-order valence-electron chi connectivity index (χ4n) is 3.00. The number of carbonyl (C=O) groups is 2. The van der Waals surface area contributed by atoms with Gasteiger partial charge in [-0.25, -0.2) is 4.98 Å². The third-order valence-corrected chi connectivity index (χ3v) is 5.51. The van der Waals surface area contributed by atoms with Crippen molar-refractivity contribution < 1.29 is 14.7 Å². The number of fused-ring (bicyclic) bond motifs is 1. The Bertz CT molecular complexity index is 1030. The summed E-state index contributed by atoms with van der Waals surface area (Å²) in [5.74, 6) is -1.45. The average Bonchev–Trinajstić information content (AvgIpc) is 3.15. The Balaban J connectivity index is 1.77. The number of carboxylic acids is 1. The summed E-state index contributed by atoms with van der Waals surface area (Å²) in [6, 6.07) is 10.5. The van der Waals surface area contributed by atoms with Crippen molar-refractivity contribution in [3.8, 4) is 0 Å². The second-order valence-electron chi connectivity index (χ2n) is 6.20. The van der Waals surface area contributed by atoms with Gasteiger partial charge in [0.25, 0.3) is 5.56 Å². The minimum atomic E-state index is -1.22. The molecule has 8 heteroatoms. The van der Waals surface area contributed by atoms with Crippen LogP contribution in [0.2, 0.25) is 0 Å². The molecule has 7 nitrogen and oxygen atoms in total. The van der Waals surface area contributed by atoms with Gasteiger partial charge < -0.3 is 10.4 Å². The largest absolute Gasteiger partial charge is 0.481 e. The van der Waals surface area contributed by atoms with E-state index in [4.69, 9.17) is 0 Å². The van der Waals surface area contributed by atoms with Crippen molar-refractivity contribution in [2.75, 3.05) is 6.54 Å². The SMILES string of the molecule is CCC(CNC(=O)Cn1cnc2sccc2c1=O)(C(=O)O)c1ccccc1. The van der Waals surface area contributed by atoms with Crippen molar-refractivity contribution in [2.45, 2.75) is 25.3 Å². The zero-order valence-electron chi connectivity index (χ0n) is 14.7. The van der Waals surface area contributed by atoms with Gasteiger partial charge in [0.1, 0.15) is 16.8 Å². The van der Waals surface area contributed by atoms with Crippen molar-refractivity contribution in [3.63, 3.8) is 0 Å². The van der Waals surface area contributed by atoms with Crippen LogP contribution < -0.4 is 10.9 Å². The summed E-state index contributed by atoms with van der Waals surface area (Å²) >= 11 is 1.36. The zero-order chi connectivity index (χ0) is 19.4. The van der Waals surface area contributed by atoms with E-state index in [1.807, 2.05) is 6.07 Å². The van der Waals surface area contributed by atoms with Gasteiger partial charge in [0.2, 0.25) is 5.91 Å². The number of hydrogen-bond acceptors (Lipinski definition) is 5. The minimum Gasteiger partial charge on any atom is -0.481 e. The molecule has 3 aromatic rings. The molecule has 1 atom stereocenters. The standard InChI is InChI=1S/C19H19N3O4S/c1-2-19(18(25)26,13-6-4-3-5-7-13)11-20-15(23)10-22-12-21-16-14(17(22)24)8-9-27-16/h3-9,12H,2,10-11H2,1H3,(H,20,23)(H,25,26). The molecule has 0 spiro atoms. The molecule has 0 fully saturated rings. The first-order valence-corrected chi connectivity index (χ1v) is 9.34. The molecule has 0 radical (unpaired) electrons. The number of thiophene rings is 1. The lowest BCUT2D eigenvalue weighted by Gasteiger charge is -2.29. The summed E-state index contributed by atoms with van der Waals surface area (Å²) in [4.78, 5) is 41.5. The Morgan fingerprint density at radius 2 is 2.00 bits per heavy atom. The number of aromatic nitrogens is 2. The van der Waals surface area contributed by atoms with E-state index in [9.17, 15) is 19.5 Å². The van der Waals surface area contributed by atoms with Gasteiger partial charge in [-0.15, -0.1) is 11.3 Å². The highest BCUT2D eigenvalue weighted by atomic mass is 32.1. The zero-order valence-corrected chi connectivity index (χ0v) is 15.5. The molecule has 140 valence electrons. The van der Waals surface area contributed by atoms with Gasteiger partial charge in [-0.05, 0) is 23.4 Å². The topological polar surface area (TPSA) is 101 Å². The maximum atomic E-state index is 12.4. The Labute approximate surface area is 159 Å². The Morgan fingerprint density at radius 3 is 2.67 bits per heavy atom. The van der Waals surface area contributed by atoms with Crippen LogP contribution in [0.15, 0.2) is 52.9 Å². The third kappa shape index (κ3) is 3.61. The third-order valence-electron chi connectivity index (χ3n) is 4.69. The van der Waals surface area contributed by atoms with Gasteiger partial charge in [0.15, 0.2) is 0 Å². The van der Waals surface area contributed by atoms with Crippen LogP contribution in [-0.2, 0) is 21.5 Å². The molecule has 3 rings (SSSR count). The van der Waals surface area contributed by atoms with Crippen molar-refractivity contribution in [3.05, 3.63) is 64.0 Å². The summed E-state index contributed by atoms with van der Waals surface area (Å²) in [6.45, 7) is 1.49. The molecule has 2 N–H and O–H groups in total. The maximum absolute atomic E-state index is 12.4. The Kier molecular flexibility index (Phi) is 5.36. The molecule has 0 bridgehead atoms. The fraction of sp³-hybridized carbons (Fsp3) is 0.263. The Morgan fingerprint density at radius 1 is 1.26 bits per heavy atom. The number of nitrogens with one attached hydrogen (secondary N) is 1. The molecular formula is C19H19N3O4S. The predicted molar refractivity (Wildman–Crippen MR) is 103 cm³/mol.